The third-order valence-corrected chi connectivity index (χ3v) is 13.3. The second-order valence-electron chi connectivity index (χ2n) is 4.62. The Kier molecular flexibility index (Phi) is 8.53. The molecule has 12 heteroatoms. The molecule has 0 fully saturated rings. The van der Waals surface area contributed by atoms with E-state index in [4.69, 9.17) is 27.1 Å². The third-order valence-electron chi connectivity index (χ3n) is 2.92. The molecule has 0 aromatic heterocycles. The van der Waals surface area contributed by atoms with Gasteiger partial charge in [-0.25, -0.2) is 0 Å². The van der Waals surface area contributed by atoms with Crippen LogP contribution in [0.25, 0.3) is 0 Å². The van der Waals surface area contributed by atoms with E-state index in [0.717, 1.165) is 0 Å². The van der Waals surface area contributed by atoms with Gasteiger partial charge in [0.05, 0.1) is 0 Å². The SMILES string of the molecule is CCOP1(OCC)(OCC)N=PNP(OCC)(OCC)(OCC)N1. The summed E-state index contributed by atoms with van der Waals surface area (Å²) >= 11 is 0. The first kappa shape index (κ1) is 22.7. The molecule has 9 nitrogen and oxygen atoms in total. The zero-order valence-corrected chi connectivity index (χ0v) is 18.2. The van der Waals surface area contributed by atoms with Crippen molar-refractivity contribution in [2.45, 2.75) is 41.5 Å². The molecule has 1 rings (SSSR count). The summed E-state index contributed by atoms with van der Waals surface area (Å²) in [5.74, 6) is 0. The summed E-state index contributed by atoms with van der Waals surface area (Å²) in [6, 6.07) is 0. The van der Waals surface area contributed by atoms with Crippen LogP contribution in [0.5, 0.6) is 0 Å². The summed E-state index contributed by atoms with van der Waals surface area (Å²) in [7, 11) is -7.58. The van der Waals surface area contributed by atoms with Gasteiger partial charge in [-0.15, -0.1) is 0 Å². The van der Waals surface area contributed by atoms with Crippen LogP contribution in [0.1, 0.15) is 41.5 Å². The molecule has 0 atom stereocenters. The average molecular weight is 407 g/mol. The first-order valence-corrected chi connectivity index (χ1v) is 13.1. The molecule has 1 aliphatic rings. The van der Waals surface area contributed by atoms with Crippen molar-refractivity contribution >= 4 is 23.7 Å². The van der Waals surface area contributed by atoms with Crippen molar-refractivity contribution in [2.75, 3.05) is 39.6 Å². The summed E-state index contributed by atoms with van der Waals surface area (Å²) in [6.45, 7) is 13.3. The predicted molar refractivity (Wildman–Crippen MR) is 99.2 cm³/mol. The van der Waals surface area contributed by atoms with E-state index < -0.39 is 15.2 Å². The first-order chi connectivity index (χ1) is 11.4. The second kappa shape index (κ2) is 9.03. The van der Waals surface area contributed by atoms with Gasteiger partial charge in [-0.1, -0.05) is 0 Å². The van der Waals surface area contributed by atoms with Crippen molar-refractivity contribution in [2.24, 2.45) is 4.52 Å². The molecule has 0 saturated heterocycles. The molecule has 1 aliphatic heterocycles. The van der Waals surface area contributed by atoms with Crippen LogP contribution in [0, 0.1) is 0 Å². The van der Waals surface area contributed by atoms with Crippen LogP contribution in [0.15, 0.2) is 4.52 Å². The van der Waals surface area contributed by atoms with Gasteiger partial charge < -0.3 is 0 Å². The predicted octanol–water partition coefficient (Wildman–Crippen LogP) is 4.70. The van der Waals surface area contributed by atoms with Gasteiger partial charge in [0, 0.05) is 0 Å². The first-order valence-electron chi connectivity index (χ1n) is 8.36. The molecule has 1 heterocycles. The zero-order chi connectivity index (χ0) is 18.2. The summed E-state index contributed by atoms with van der Waals surface area (Å²) in [4.78, 5) is 6.41. The Morgan fingerprint density at radius 2 is 1.04 bits per heavy atom. The molecule has 0 aromatic carbocycles. The molecule has 0 aliphatic carbocycles. The standard InChI is InChI=1S/C12H32N3O6P3/c1-7-16-23(17-8-2,18-9-3)13-22-14-24(15-23,19-10-4,20-11-5)21-12-6/h15H,7-12H2,1-6H3,(H,13,14). The van der Waals surface area contributed by atoms with Crippen LogP contribution in [0.2, 0.25) is 0 Å². The van der Waals surface area contributed by atoms with Crippen molar-refractivity contribution in [3.63, 3.8) is 0 Å². The van der Waals surface area contributed by atoms with E-state index >= 15 is 0 Å². The maximum atomic E-state index is 6.05. The van der Waals surface area contributed by atoms with Crippen LogP contribution in [-0.2, 0) is 27.1 Å². The Bertz CT molecular complexity index is 403. The van der Waals surface area contributed by atoms with E-state index in [-0.39, 0.29) is 0 Å². The number of hydrogen-bond donors (Lipinski definition) is 2. The Morgan fingerprint density at radius 1 is 0.667 bits per heavy atom. The molecule has 0 aromatic rings. The normalized spacial score (nSPS) is 27.4. The van der Waals surface area contributed by atoms with Crippen molar-refractivity contribution in [3.05, 3.63) is 0 Å². The molecule has 0 spiro atoms. The monoisotopic (exact) mass is 407 g/mol. The Hall–Kier alpha value is 0.640. The molecule has 0 radical (unpaired) electrons. The molecule has 0 amide bonds. The second-order valence-corrected chi connectivity index (χ2v) is 12.1. The van der Waals surface area contributed by atoms with Gasteiger partial charge in [0.25, 0.3) is 0 Å². The van der Waals surface area contributed by atoms with E-state index in [1.165, 1.54) is 0 Å². The summed E-state index contributed by atoms with van der Waals surface area (Å²) in [5.41, 5.74) is 0. The zero-order valence-electron chi connectivity index (χ0n) is 15.5. The Labute approximate surface area is 146 Å². The molecule has 24 heavy (non-hydrogen) atoms. The molecule has 2 N–H and O–H groups in total. The van der Waals surface area contributed by atoms with Gasteiger partial charge in [0.1, 0.15) is 0 Å². The van der Waals surface area contributed by atoms with Gasteiger partial charge in [-0.05, 0) is 0 Å². The van der Waals surface area contributed by atoms with E-state index in [1.807, 2.05) is 41.5 Å². The topological polar surface area (TPSA) is 91.8 Å². The molecule has 0 unspecified atom stereocenters. The van der Waals surface area contributed by atoms with E-state index in [2.05, 4.69) is 14.2 Å². The van der Waals surface area contributed by atoms with E-state index in [1.54, 1.807) is 0 Å². The van der Waals surface area contributed by atoms with Gasteiger partial charge in [0.2, 0.25) is 0 Å². The number of rotatable bonds is 12. The van der Waals surface area contributed by atoms with Gasteiger partial charge >= 0.3 is 146 Å². The number of nitrogens with one attached hydrogen (secondary N) is 2. The van der Waals surface area contributed by atoms with Crippen molar-refractivity contribution < 1.29 is 27.1 Å². The van der Waals surface area contributed by atoms with E-state index in [9.17, 15) is 0 Å². The van der Waals surface area contributed by atoms with Gasteiger partial charge in [-0.2, -0.15) is 0 Å². The molecule has 0 saturated carbocycles. The summed E-state index contributed by atoms with van der Waals surface area (Å²) in [6.07, 6.45) is 0. The van der Waals surface area contributed by atoms with Crippen LogP contribution in [0.3, 0.4) is 0 Å². The van der Waals surface area contributed by atoms with Crippen LogP contribution in [-0.4, -0.2) is 39.6 Å². The Morgan fingerprint density at radius 3 is 1.38 bits per heavy atom. The van der Waals surface area contributed by atoms with Gasteiger partial charge in [-0.3, -0.25) is 0 Å². The maximum absolute atomic E-state index is 6.05. The fourth-order valence-corrected chi connectivity index (χ4v) is 13.5. The number of hydrogen-bond acceptors (Lipinski definition) is 9. The van der Waals surface area contributed by atoms with Crippen molar-refractivity contribution in [1.29, 1.82) is 0 Å². The van der Waals surface area contributed by atoms with Crippen molar-refractivity contribution in [3.8, 4) is 0 Å². The van der Waals surface area contributed by atoms with E-state index in [0.29, 0.717) is 48.2 Å². The molecular formula is C12H32N3O6P3. The van der Waals surface area contributed by atoms with Crippen LogP contribution >= 0.6 is 23.7 Å². The minimum atomic E-state index is -4.06. The number of nitrogens with zero attached hydrogens (tertiary/aromatic N) is 1. The fraction of sp³-hybridized carbons (Fsp3) is 1.00. The summed E-state index contributed by atoms with van der Waals surface area (Å²) in [5, 5.41) is 0. The minimum absolute atomic E-state index is 0.348. The van der Waals surface area contributed by atoms with Crippen LogP contribution < -0.4 is 9.72 Å². The summed E-state index contributed by atoms with van der Waals surface area (Å²) < 4.78 is 40.7. The fourth-order valence-electron chi connectivity index (χ4n) is 2.45. The molecule has 0 bridgehead atoms. The molecular weight excluding hydrogens is 375 g/mol. The average Bonchev–Trinajstić information content (AvgIpc) is 2.48. The third kappa shape index (κ3) is 4.48. The van der Waals surface area contributed by atoms with Crippen LogP contribution in [0.4, 0.5) is 0 Å². The van der Waals surface area contributed by atoms with Crippen molar-refractivity contribution in [1.82, 2.24) is 9.72 Å². The Balaban J connectivity index is 3.53. The molecule has 146 valence electrons. The van der Waals surface area contributed by atoms with Gasteiger partial charge in [0.15, 0.2) is 0 Å². The quantitative estimate of drug-likeness (QED) is 0.450.